The molecule has 0 bridgehead atoms. The average molecular weight is 273 g/mol. The van der Waals surface area contributed by atoms with Gasteiger partial charge in [0.1, 0.15) is 0 Å². The third-order valence-electron chi connectivity index (χ3n) is 2.97. The predicted molar refractivity (Wildman–Crippen MR) is 77.8 cm³/mol. The molecule has 2 N–H and O–H groups in total. The maximum absolute atomic E-state index is 11.9. The van der Waals surface area contributed by atoms with Gasteiger partial charge in [0.05, 0.1) is 11.9 Å². The van der Waals surface area contributed by atoms with E-state index in [0.717, 1.165) is 11.4 Å². The molecule has 6 heteroatoms. The van der Waals surface area contributed by atoms with Crippen molar-refractivity contribution in [2.75, 3.05) is 0 Å². The number of nitrogens with zero attached hydrogens (tertiary/aromatic N) is 3. The fourth-order valence-electron chi connectivity index (χ4n) is 1.65. The highest BCUT2D eigenvalue weighted by Crippen LogP contribution is 2.20. The molecule has 106 valence electrons. The van der Waals surface area contributed by atoms with Crippen LogP contribution in [0.15, 0.2) is 29.5 Å². The highest BCUT2D eigenvalue weighted by Gasteiger charge is 2.19. The van der Waals surface area contributed by atoms with Crippen LogP contribution in [0.2, 0.25) is 0 Å². The zero-order valence-corrected chi connectivity index (χ0v) is 12.1. The van der Waals surface area contributed by atoms with E-state index in [-0.39, 0.29) is 11.3 Å². The Balaban J connectivity index is 2.01. The average Bonchev–Trinajstić information content (AvgIpc) is 2.98. The van der Waals surface area contributed by atoms with E-state index in [4.69, 9.17) is 0 Å². The first-order valence-electron chi connectivity index (χ1n) is 6.38. The van der Waals surface area contributed by atoms with Gasteiger partial charge in [-0.3, -0.25) is 9.89 Å². The largest absolute Gasteiger partial charge is 0.350 e. The number of H-pyrrole nitrogens is 1. The van der Waals surface area contributed by atoms with E-state index in [1.807, 2.05) is 29.9 Å². The van der Waals surface area contributed by atoms with Crippen molar-refractivity contribution in [1.82, 2.24) is 20.2 Å². The Morgan fingerprint density at radius 1 is 1.50 bits per heavy atom. The first-order valence-corrected chi connectivity index (χ1v) is 6.38. The van der Waals surface area contributed by atoms with Gasteiger partial charge in [-0.1, -0.05) is 20.8 Å². The van der Waals surface area contributed by atoms with Gasteiger partial charge >= 0.3 is 0 Å². The molecule has 0 spiro atoms. The number of carbonyl (C=O) groups is 1. The summed E-state index contributed by atoms with van der Waals surface area (Å²) in [6.07, 6.45) is 3.50. The normalized spacial score (nSPS) is 12.0. The molecule has 0 aliphatic heterocycles. The third-order valence-corrected chi connectivity index (χ3v) is 2.97. The molecular formula is C14H19N5O. The van der Waals surface area contributed by atoms with E-state index in [9.17, 15) is 4.79 Å². The number of carbonyl (C=O) groups excluding carboxylic acids is 1. The Bertz CT molecular complexity index is 630. The summed E-state index contributed by atoms with van der Waals surface area (Å²) >= 11 is 0. The van der Waals surface area contributed by atoms with Crippen molar-refractivity contribution in [2.45, 2.75) is 26.2 Å². The Labute approximate surface area is 117 Å². The second-order valence-electron chi connectivity index (χ2n) is 5.66. The van der Waals surface area contributed by atoms with Crippen LogP contribution in [0.5, 0.6) is 0 Å². The summed E-state index contributed by atoms with van der Waals surface area (Å²) in [7, 11) is 1.91. The van der Waals surface area contributed by atoms with Crippen LogP contribution in [0.4, 0.5) is 0 Å². The molecule has 0 saturated heterocycles. The third kappa shape index (κ3) is 3.14. The number of aromatic amines is 1. The lowest BCUT2D eigenvalue weighted by Crippen LogP contribution is -2.18. The summed E-state index contributed by atoms with van der Waals surface area (Å²) in [5, 5.41) is 10.8. The fraction of sp³-hybridized carbons (Fsp3) is 0.357. The van der Waals surface area contributed by atoms with Gasteiger partial charge < -0.3 is 4.57 Å². The maximum Gasteiger partial charge on any atom is 0.291 e. The number of hydrazone groups is 1. The van der Waals surface area contributed by atoms with Crippen molar-refractivity contribution in [3.63, 3.8) is 0 Å². The van der Waals surface area contributed by atoms with Gasteiger partial charge in [0.15, 0.2) is 5.69 Å². The highest BCUT2D eigenvalue weighted by atomic mass is 16.2. The summed E-state index contributed by atoms with van der Waals surface area (Å²) in [5.74, 6) is -0.331. The van der Waals surface area contributed by atoms with Crippen LogP contribution in [-0.2, 0) is 12.5 Å². The Morgan fingerprint density at radius 2 is 2.25 bits per heavy atom. The van der Waals surface area contributed by atoms with Gasteiger partial charge in [-0.15, -0.1) is 0 Å². The van der Waals surface area contributed by atoms with Crippen molar-refractivity contribution in [2.24, 2.45) is 12.1 Å². The zero-order valence-electron chi connectivity index (χ0n) is 12.1. The molecule has 0 aromatic carbocycles. The molecule has 2 aromatic rings. The minimum absolute atomic E-state index is 0.0716. The molecule has 2 rings (SSSR count). The van der Waals surface area contributed by atoms with Crippen molar-refractivity contribution < 1.29 is 4.79 Å². The van der Waals surface area contributed by atoms with Crippen LogP contribution in [-0.4, -0.2) is 26.9 Å². The van der Waals surface area contributed by atoms with Crippen LogP contribution in [0.3, 0.4) is 0 Å². The van der Waals surface area contributed by atoms with Crippen molar-refractivity contribution in [1.29, 1.82) is 0 Å². The summed E-state index contributed by atoms with van der Waals surface area (Å²) in [6.45, 7) is 6.15. The molecule has 6 nitrogen and oxygen atoms in total. The van der Waals surface area contributed by atoms with Gasteiger partial charge in [0.25, 0.3) is 5.91 Å². The molecule has 1 amide bonds. The molecule has 2 aromatic heterocycles. The van der Waals surface area contributed by atoms with Crippen molar-refractivity contribution >= 4 is 12.1 Å². The number of hydrogen-bond acceptors (Lipinski definition) is 3. The van der Waals surface area contributed by atoms with Crippen LogP contribution in [0.1, 0.15) is 42.6 Å². The lowest BCUT2D eigenvalue weighted by molar-refractivity contribution is 0.0950. The van der Waals surface area contributed by atoms with E-state index >= 15 is 0 Å². The molecule has 0 unspecified atom stereocenters. The van der Waals surface area contributed by atoms with Crippen molar-refractivity contribution in [3.8, 4) is 0 Å². The number of hydrogen-bond donors (Lipinski definition) is 2. The van der Waals surface area contributed by atoms with E-state index in [1.165, 1.54) is 0 Å². The Hall–Kier alpha value is -2.37. The summed E-state index contributed by atoms with van der Waals surface area (Å²) < 4.78 is 1.90. The molecule has 0 saturated carbocycles. The molecule has 0 fully saturated rings. The van der Waals surface area contributed by atoms with Gasteiger partial charge in [-0.2, -0.15) is 10.2 Å². The molecular weight excluding hydrogens is 254 g/mol. The number of nitrogens with one attached hydrogen (secondary N) is 2. The summed E-state index contributed by atoms with van der Waals surface area (Å²) in [4.78, 5) is 11.9. The topological polar surface area (TPSA) is 75.1 Å². The van der Waals surface area contributed by atoms with Gasteiger partial charge in [0, 0.05) is 24.4 Å². The highest BCUT2D eigenvalue weighted by molar-refractivity contribution is 5.93. The second-order valence-corrected chi connectivity index (χ2v) is 5.66. The second kappa shape index (κ2) is 5.32. The van der Waals surface area contributed by atoms with E-state index in [0.29, 0.717) is 5.69 Å². The number of aromatic nitrogens is 3. The Kier molecular flexibility index (Phi) is 3.74. The number of aryl methyl sites for hydroxylation is 1. The maximum atomic E-state index is 11.9. The Morgan fingerprint density at radius 3 is 2.80 bits per heavy atom. The summed E-state index contributed by atoms with van der Waals surface area (Å²) in [6, 6.07) is 5.56. The quantitative estimate of drug-likeness (QED) is 0.661. The first kappa shape index (κ1) is 14.0. The SMILES string of the molecule is Cn1cccc1/C=N/NC(=O)c1cc(C(C)(C)C)[nH]n1. The molecule has 2 heterocycles. The monoisotopic (exact) mass is 273 g/mol. The number of amides is 1. The number of rotatable bonds is 3. The lowest BCUT2D eigenvalue weighted by atomic mass is 9.92. The van der Waals surface area contributed by atoms with E-state index in [1.54, 1.807) is 12.3 Å². The smallest absolute Gasteiger partial charge is 0.291 e. The van der Waals surface area contributed by atoms with Gasteiger partial charge in [0.2, 0.25) is 0 Å². The summed E-state index contributed by atoms with van der Waals surface area (Å²) in [5.41, 5.74) is 4.54. The zero-order chi connectivity index (χ0) is 14.8. The fourth-order valence-corrected chi connectivity index (χ4v) is 1.65. The van der Waals surface area contributed by atoms with E-state index < -0.39 is 0 Å². The van der Waals surface area contributed by atoms with Crippen LogP contribution in [0, 0.1) is 0 Å². The molecule has 0 radical (unpaired) electrons. The van der Waals surface area contributed by atoms with Crippen LogP contribution < -0.4 is 5.43 Å². The predicted octanol–water partition coefficient (Wildman–Crippen LogP) is 1.81. The minimum Gasteiger partial charge on any atom is -0.350 e. The molecule has 20 heavy (non-hydrogen) atoms. The molecule has 0 atom stereocenters. The van der Waals surface area contributed by atoms with Crippen LogP contribution in [0.25, 0.3) is 0 Å². The van der Waals surface area contributed by atoms with E-state index in [2.05, 4.69) is 41.5 Å². The molecule has 0 aliphatic rings. The van der Waals surface area contributed by atoms with Crippen LogP contribution >= 0.6 is 0 Å². The molecule has 0 aliphatic carbocycles. The lowest BCUT2D eigenvalue weighted by Gasteiger charge is -2.14. The van der Waals surface area contributed by atoms with Crippen molar-refractivity contribution in [3.05, 3.63) is 41.5 Å². The van der Waals surface area contributed by atoms with Gasteiger partial charge in [-0.25, -0.2) is 5.43 Å². The van der Waals surface area contributed by atoms with Gasteiger partial charge in [-0.05, 0) is 18.2 Å². The minimum atomic E-state index is -0.331. The standard InChI is InChI=1S/C14H19N5O/c1-14(2,3)12-8-11(16-17-12)13(20)18-15-9-10-6-5-7-19(10)4/h5-9H,1-4H3,(H,16,17)(H,18,20)/b15-9+. The first-order chi connectivity index (χ1) is 9.38.